The number of piperidine rings is 1. The van der Waals surface area contributed by atoms with Crippen molar-refractivity contribution in [3.63, 3.8) is 0 Å². The molecule has 0 radical (unpaired) electrons. The smallest absolute Gasteiger partial charge is 0.247 e. The molecule has 0 aromatic rings. The lowest BCUT2D eigenvalue weighted by Gasteiger charge is -2.48. The van der Waals surface area contributed by atoms with Gasteiger partial charge >= 0.3 is 0 Å². The maximum absolute atomic E-state index is 13.4. The molecular formula is C20H33Cl2N3O2. The number of carbonyl (C=O) groups excluding carboxylic acids is 2. The predicted octanol–water partition coefficient (Wildman–Crippen LogP) is 3.04. The van der Waals surface area contributed by atoms with E-state index in [4.69, 9.17) is 23.2 Å². The zero-order valence-electron chi connectivity index (χ0n) is 16.7. The predicted molar refractivity (Wildman–Crippen MR) is 109 cm³/mol. The lowest BCUT2D eigenvalue weighted by atomic mass is 9.86. The molecule has 1 aliphatic carbocycles. The van der Waals surface area contributed by atoms with Gasteiger partial charge in [-0.2, -0.15) is 0 Å². The standard InChI is InChI=1S/C20H33Cl2N3O2/c1-12(2)18-20(27)25(19-13(3)8-16(22)9-23-19)11-17(26)24(18)10-14-4-6-15(21)7-5-14/h12-16,18-19,23H,4-11H2,1-3H3/t13?,14?,15?,16?,18-,19?/m0/s1. The van der Waals surface area contributed by atoms with Gasteiger partial charge in [0.15, 0.2) is 0 Å². The zero-order valence-corrected chi connectivity index (χ0v) is 18.2. The molecule has 0 aromatic carbocycles. The molecule has 2 heterocycles. The van der Waals surface area contributed by atoms with Gasteiger partial charge in [-0.1, -0.05) is 20.8 Å². The average molecular weight is 418 g/mol. The lowest BCUT2D eigenvalue weighted by molar-refractivity contribution is -0.163. The fraction of sp³-hybridized carbons (Fsp3) is 0.900. The first-order valence-corrected chi connectivity index (χ1v) is 11.3. The van der Waals surface area contributed by atoms with E-state index in [0.717, 1.165) is 32.1 Å². The Bertz CT molecular complexity index is 551. The summed E-state index contributed by atoms with van der Waals surface area (Å²) in [5.74, 6) is 0.925. The third kappa shape index (κ3) is 4.73. The Morgan fingerprint density at radius 1 is 1.11 bits per heavy atom. The van der Waals surface area contributed by atoms with Crippen LogP contribution in [0, 0.1) is 17.8 Å². The molecule has 0 spiro atoms. The van der Waals surface area contributed by atoms with E-state index in [-0.39, 0.29) is 53.2 Å². The van der Waals surface area contributed by atoms with Crippen LogP contribution in [0.25, 0.3) is 0 Å². The van der Waals surface area contributed by atoms with Crippen molar-refractivity contribution >= 4 is 35.0 Å². The largest absolute Gasteiger partial charge is 0.329 e. The highest BCUT2D eigenvalue weighted by Gasteiger charge is 2.45. The summed E-state index contributed by atoms with van der Waals surface area (Å²) in [6.07, 6.45) is 4.84. The van der Waals surface area contributed by atoms with Crippen molar-refractivity contribution in [1.82, 2.24) is 15.1 Å². The second-order valence-electron chi connectivity index (χ2n) is 8.98. The fourth-order valence-corrected chi connectivity index (χ4v) is 5.56. The third-order valence-corrected chi connectivity index (χ3v) is 7.18. The highest BCUT2D eigenvalue weighted by molar-refractivity contribution is 6.21. The fourth-order valence-electron chi connectivity index (χ4n) is 4.93. The van der Waals surface area contributed by atoms with Crippen molar-refractivity contribution in [3.05, 3.63) is 0 Å². The molecule has 1 saturated carbocycles. The van der Waals surface area contributed by atoms with Crippen molar-refractivity contribution in [2.24, 2.45) is 17.8 Å². The van der Waals surface area contributed by atoms with Crippen LogP contribution in [-0.4, -0.2) is 64.2 Å². The molecule has 3 aliphatic rings. The molecule has 154 valence electrons. The minimum atomic E-state index is -0.373. The highest BCUT2D eigenvalue weighted by atomic mass is 35.5. The SMILES string of the molecule is CC1CC(Cl)CNC1N1CC(=O)N(CC2CCC(Cl)CC2)[C@@H](C(C)C)C1=O. The lowest BCUT2D eigenvalue weighted by Crippen LogP contribution is -2.68. The quantitative estimate of drug-likeness (QED) is 0.715. The maximum Gasteiger partial charge on any atom is 0.247 e. The van der Waals surface area contributed by atoms with Crippen LogP contribution in [0.2, 0.25) is 0 Å². The van der Waals surface area contributed by atoms with E-state index in [0.29, 0.717) is 19.0 Å². The Hall–Kier alpha value is -0.520. The van der Waals surface area contributed by atoms with E-state index >= 15 is 0 Å². The van der Waals surface area contributed by atoms with Crippen LogP contribution in [0.1, 0.15) is 52.9 Å². The number of hydrogen-bond acceptors (Lipinski definition) is 3. The second-order valence-corrected chi connectivity index (χ2v) is 10.2. The minimum Gasteiger partial charge on any atom is -0.329 e. The van der Waals surface area contributed by atoms with Crippen LogP contribution in [0.15, 0.2) is 0 Å². The topological polar surface area (TPSA) is 52.7 Å². The third-order valence-electron chi connectivity index (χ3n) is 6.41. The Morgan fingerprint density at radius 2 is 1.78 bits per heavy atom. The molecule has 3 fully saturated rings. The maximum atomic E-state index is 13.4. The minimum absolute atomic E-state index is 0.0725. The van der Waals surface area contributed by atoms with Crippen LogP contribution in [0.3, 0.4) is 0 Å². The van der Waals surface area contributed by atoms with Gasteiger partial charge in [-0.25, -0.2) is 0 Å². The van der Waals surface area contributed by atoms with Gasteiger partial charge in [0.1, 0.15) is 12.6 Å². The van der Waals surface area contributed by atoms with Crippen LogP contribution >= 0.6 is 23.2 Å². The number of carbonyl (C=O) groups is 2. The Balaban J connectivity index is 1.73. The number of nitrogens with one attached hydrogen (secondary N) is 1. The van der Waals surface area contributed by atoms with Gasteiger partial charge in [0, 0.05) is 23.8 Å². The number of alkyl halides is 2. The number of piperazine rings is 1. The number of amides is 2. The van der Waals surface area contributed by atoms with E-state index in [2.05, 4.69) is 12.2 Å². The molecule has 2 aliphatic heterocycles. The van der Waals surface area contributed by atoms with Crippen LogP contribution < -0.4 is 5.32 Å². The second kappa shape index (κ2) is 8.87. The van der Waals surface area contributed by atoms with Gasteiger partial charge in [-0.3, -0.25) is 14.9 Å². The summed E-state index contributed by atoms with van der Waals surface area (Å²) in [5.41, 5.74) is 0. The highest BCUT2D eigenvalue weighted by Crippen LogP contribution is 2.32. The van der Waals surface area contributed by atoms with Gasteiger partial charge in [0.2, 0.25) is 11.8 Å². The summed E-state index contributed by atoms with van der Waals surface area (Å²) in [6.45, 7) is 7.70. The first-order valence-electron chi connectivity index (χ1n) is 10.4. The molecule has 0 aromatic heterocycles. The normalized spacial score (nSPS) is 38.6. The molecule has 5 nitrogen and oxygen atoms in total. The van der Waals surface area contributed by atoms with E-state index in [9.17, 15) is 9.59 Å². The summed E-state index contributed by atoms with van der Waals surface area (Å²) in [7, 11) is 0. The van der Waals surface area contributed by atoms with Crippen molar-refractivity contribution in [2.75, 3.05) is 19.6 Å². The number of hydrogen-bond donors (Lipinski definition) is 1. The molecule has 7 heteroatoms. The van der Waals surface area contributed by atoms with Crippen molar-refractivity contribution in [3.8, 4) is 0 Å². The van der Waals surface area contributed by atoms with Crippen molar-refractivity contribution in [2.45, 2.75) is 75.8 Å². The Morgan fingerprint density at radius 3 is 2.37 bits per heavy atom. The van der Waals surface area contributed by atoms with Gasteiger partial charge in [0.05, 0.1) is 6.17 Å². The average Bonchev–Trinajstić information content (AvgIpc) is 2.60. The van der Waals surface area contributed by atoms with Gasteiger partial charge in [0.25, 0.3) is 0 Å². The monoisotopic (exact) mass is 417 g/mol. The van der Waals surface area contributed by atoms with Crippen LogP contribution in [0.4, 0.5) is 0 Å². The van der Waals surface area contributed by atoms with Gasteiger partial charge in [-0.15, -0.1) is 23.2 Å². The summed E-state index contributed by atoms with van der Waals surface area (Å²) in [6, 6.07) is -0.373. The van der Waals surface area contributed by atoms with Gasteiger partial charge < -0.3 is 9.80 Å². The summed E-state index contributed by atoms with van der Waals surface area (Å²) < 4.78 is 0. The summed E-state index contributed by atoms with van der Waals surface area (Å²) in [5, 5.41) is 3.74. The summed E-state index contributed by atoms with van der Waals surface area (Å²) >= 11 is 12.5. The van der Waals surface area contributed by atoms with E-state index in [1.807, 2.05) is 18.7 Å². The van der Waals surface area contributed by atoms with Crippen molar-refractivity contribution < 1.29 is 9.59 Å². The van der Waals surface area contributed by atoms with E-state index in [1.165, 1.54) is 0 Å². The van der Waals surface area contributed by atoms with Crippen LogP contribution in [-0.2, 0) is 9.59 Å². The molecule has 3 unspecified atom stereocenters. The molecule has 27 heavy (non-hydrogen) atoms. The number of rotatable bonds is 4. The van der Waals surface area contributed by atoms with Gasteiger partial charge in [-0.05, 0) is 49.9 Å². The summed E-state index contributed by atoms with van der Waals surface area (Å²) in [4.78, 5) is 30.1. The molecule has 4 atom stereocenters. The van der Waals surface area contributed by atoms with E-state index in [1.54, 1.807) is 4.90 Å². The first kappa shape index (κ1) is 21.2. The molecule has 3 rings (SSSR count). The molecule has 1 N–H and O–H groups in total. The molecule has 2 amide bonds. The Labute approximate surface area is 173 Å². The molecule has 0 bridgehead atoms. The molecule has 2 saturated heterocycles. The first-order chi connectivity index (χ1) is 12.8. The zero-order chi connectivity index (χ0) is 19.7. The van der Waals surface area contributed by atoms with E-state index < -0.39 is 0 Å². The Kier molecular flexibility index (Phi) is 6.97. The molecular weight excluding hydrogens is 385 g/mol. The van der Waals surface area contributed by atoms with Crippen molar-refractivity contribution in [1.29, 1.82) is 0 Å². The number of nitrogens with zero attached hydrogens (tertiary/aromatic N) is 2. The van der Waals surface area contributed by atoms with Crippen LogP contribution in [0.5, 0.6) is 0 Å². The number of halogens is 2.